The number of phenols is 3. The van der Waals surface area contributed by atoms with Crippen molar-refractivity contribution in [2.24, 2.45) is 0 Å². The zero-order valence-corrected chi connectivity index (χ0v) is 54.8. The van der Waals surface area contributed by atoms with Crippen LogP contribution in [-0.2, 0) is 23.7 Å². The number of hydrogen-bond donors (Lipinski definition) is 3. The van der Waals surface area contributed by atoms with Gasteiger partial charge >= 0.3 is 0 Å². The third-order valence-electron chi connectivity index (χ3n) is 8.42. The number of anilines is 6. The zero-order chi connectivity index (χ0) is 41.7. The summed E-state index contributed by atoms with van der Waals surface area (Å²) in [5.74, 6) is 0.925. The zero-order valence-electron chi connectivity index (χ0n) is 35.6. The van der Waals surface area contributed by atoms with E-state index in [0.29, 0.717) is 63.5 Å². The van der Waals surface area contributed by atoms with Gasteiger partial charge in [-0.3, -0.25) is 0 Å². The van der Waals surface area contributed by atoms with E-state index < -0.39 is 0 Å². The van der Waals surface area contributed by atoms with Crippen LogP contribution in [0.25, 0.3) is 0 Å². The van der Waals surface area contributed by atoms with Crippen LogP contribution >= 0.6 is 0 Å². The summed E-state index contributed by atoms with van der Waals surface area (Å²) in [6.07, 6.45) is 0.790. The summed E-state index contributed by atoms with van der Waals surface area (Å²) in [4.78, 5) is 19.8. The fourth-order valence-corrected chi connectivity index (χ4v) is 5.56. The molecule has 1 aromatic heterocycles. The molecule has 0 unspecified atom stereocenters. The molecule has 3 N–H and O–H groups in total. The van der Waals surface area contributed by atoms with Gasteiger partial charge in [-0.05, 0) is 56.7 Å². The summed E-state index contributed by atoms with van der Waals surface area (Å²) in [5, 5.41) is 33.8. The van der Waals surface area contributed by atoms with Crippen LogP contribution in [0.15, 0.2) is 54.6 Å². The minimum absolute atomic E-state index is 0. The second-order valence-corrected chi connectivity index (χ2v) is 12.3. The van der Waals surface area contributed by atoms with E-state index >= 15 is 0 Å². The minimum Gasteiger partial charge on any atom is -0.665 e. The summed E-state index contributed by atoms with van der Waals surface area (Å²) in [5.41, 5.74) is 0.824. The van der Waals surface area contributed by atoms with Gasteiger partial charge in [0.15, 0.2) is 0 Å². The van der Waals surface area contributed by atoms with Gasteiger partial charge in [0, 0.05) is 57.7 Å². The Hall–Kier alpha value is -8.33. The van der Waals surface area contributed by atoms with E-state index in [0.717, 1.165) is 6.42 Å². The molecule has 0 spiro atoms. The second kappa shape index (κ2) is 26.6. The number of benzene rings is 3. The molecular formula is C41H55N6O11Rf3-3. The number of aromatic nitrogens is 3. The van der Waals surface area contributed by atoms with E-state index in [2.05, 4.69) is 21.3 Å². The molecule has 4 rings (SSSR count). The van der Waals surface area contributed by atoms with Crippen LogP contribution in [0.4, 0.5) is 34.9 Å². The van der Waals surface area contributed by atoms with Crippen LogP contribution in [0.2, 0.25) is 0 Å². The quantitative estimate of drug-likeness (QED) is 0.0417. The molecule has 0 aliphatic heterocycles. The first-order valence-electron chi connectivity index (χ1n) is 19.0. The van der Waals surface area contributed by atoms with Gasteiger partial charge in [0.1, 0.15) is 17.2 Å². The average Bonchev–Trinajstić information content (AvgIpc) is 3.24. The number of aromatic hydroxyl groups is 3. The Labute approximate surface area is 340 Å². The van der Waals surface area contributed by atoms with Gasteiger partial charge in [-0.2, -0.15) is 36.3 Å². The van der Waals surface area contributed by atoms with E-state index in [1.54, 1.807) is 51.1 Å². The topological polar surface area (TPSA) is 183 Å². The van der Waals surface area contributed by atoms with Crippen molar-refractivity contribution in [3.05, 3.63) is 75.9 Å². The maximum atomic E-state index is 11.3. The molecule has 0 aliphatic carbocycles. The first-order valence-corrected chi connectivity index (χ1v) is 19.0. The van der Waals surface area contributed by atoms with Gasteiger partial charge in [-0.25, -0.2) is 0 Å². The molecule has 3 aromatic carbocycles. The number of phenolic OH excluding ortho intramolecular Hbond substituents is 3. The Balaban J connectivity index is 0.00000620. The molecule has 1 heterocycles. The maximum Gasteiger partial charge on any atom is 0.236 e. The van der Waals surface area contributed by atoms with Crippen LogP contribution in [0.1, 0.15) is 27.2 Å². The average molecular weight is 1610 g/mol. The number of nitrogens with zero attached hydrogens (tertiary/aromatic N) is 6. The number of ether oxygens (including phenoxy) is 8. The summed E-state index contributed by atoms with van der Waals surface area (Å²) < 4.78 is 44.5. The van der Waals surface area contributed by atoms with Crippen LogP contribution in [0, 0.1) is 21.3 Å². The van der Waals surface area contributed by atoms with E-state index in [9.17, 15) is 15.3 Å². The van der Waals surface area contributed by atoms with E-state index in [1.807, 2.05) is 20.8 Å². The van der Waals surface area contributed by atoms with Crippen LogP contribution in [-0.4, -0.2) is 116 Å². The largest absolute Gasteiger partial charge is 0.665 e. The Bertz CT molecular complexity index is 1750. The predicted octanol–water partition coefficient (Wildman–Crippen LogP) is 6.45. The molecule has 17 nitrogen and oxygen atoms in total. The molecule has 0 bridgehead atoms. The van der Waals surface area contributed by atoms with Crippen LogP contribution in [0.5, 0.6) is 34.5 Å². The van der Waals surface area contributed by atoms with Crippen LogP contribution < -0.4 is 28.9 Å². The van der Waals surface area contributed by atoms with E-state index in [1.165, 1.54) is 18.2 Å². The monoisotopic (exact) mass is 1610 g/mol. The number of rotatable bonds is 28. The van der Waals surface area contributed by atoms with Crippen molar-refractivity contribution in [2.75, 3.05) is 100 Å². The molecule has 0 atom stereocenters. The van der Waals surface area contributed by atoms with Crippen molar-refractivity contribution in [3.63, 3.8) is 0 Å². The first kappa shape index (κ1) is 50.7. The first-order chi connectivity index (χ1) is 28.3. The van der Waals surface area contributed by atoms with Crippen LogP contribution in [0.3, 0.4) is 0 Å². The normalized spacial score (nSPS) is 10.5. The van der Waals surface area contributed by atoms with Crippen molar-refractivity contribution >= 4 is 34.9 Å². The molecule has 20 heteroatoms. The summed E-state index contributed by atoms with van der Waals surface area (Å²) >= 11 is 0. The molecule has 0 saturated heterocycles. The molecular weight excluding hydrogens is 1550 g/mol. The summed E-state index contributed by atoms with van der Waals surface area (Å²) in [6.45, 7) is 9.81. The van der Waals surface area contributed by atoms with Crippen molar-refractivity contribution < 1.29 is 53.2 Å². The Morgan fingerprint density at radius 2 is 0.738 bits per heavy atom. The molecule has 4 aromatic rings. The SMILES string of the molecule is [CH2-]Oc1ccc(O)c(N(CCOCCC)c2nc(N(CCOCCOCC)c3cc(O[CH2-])ccc3O)nc(N(CCOCCOCC)c3cc(O[CH2-])ccc3O)n2)c1.[Rf].[Rf].[Rf]. The Morgan fingerprint density at radius 3 is 1.02 bits per heavy atom. The smallest absolute Gasteiger partial charge is 0.236 e. The van der Waals surface area contributed by atoms with Gasteiger partial charge in [-0.15, -0.1) is 0 Å². The maximum absolute atomic E-state index is 11.3. The molecule has 0 radical (unpaired) electrons. The van der Waals surface area contributed by atoms with Crippen molar-refractivity contribution in [1.82, 2.24) is 15.0 Å². The summed E-state index contributed by atoms with van der Waals surface area (Å²) in [6, 6.07) is 13.9. The van der Waals surface area contributed by atoms with Gasteiger partial charge in [0.25, 0.3) is 0 Å². The molecule has 324 valence electrons. The van der Waals surface area contributed by atoms with Gasteiger partial charge in [0.05, 0.1) is 80.6 Å². The van der Waals surface area contributed by atoms with Gasteiger partial charge < -0.3 is 67.9 Å². The minimum atomic E-state index is -0.112. The Morgan fingerprint density at radius 1 is 0.443 bits per heavy atom. The predicted molar refractivity (Wildman–Crippen MR) is 219 cm³/mol. The van der Waals surface area contributed by atoms with Crippen molar-refractivity contribution in [3.8, 4) is 34.5 Å². The molecule has 0 amide bonds. The van der Waals surface area contributed by atoms with Crippen molar-refractivity contribution in [1.29, 1.82) is 0 Å². The molecule has 0 saturated carbocycles. The molecule has 0 aliphatic rings. The van der Waals surface area contributed by atoms with E-state index in [4.69, 9.17) is 52.8 Å². The number of hydrogen-bond acceptors (Lipinski definition) is 17. The van der Waals surface area contributed by atoms with Gasteiger partial charge in [0.2, 0.25) is 17.8 Å². The third-order valence-corrected chi connectivity index (χ3v) is 8.42. The Kier molecular flexibility index (Phi) is 22.1. The fourth-order valence-electron chi connectivity index (χ4n) is 5.56. The summed E-state index contributed by atoms with van der Waals surface area (Å²) in [7, 11) is 10.6. The van der Waals surface area contributed by atoms with E-state index in [-0.39, 0.29) is 91.6 Å². The van der Waals surface area contributed by atoms with Gasteiger partial charge in [-0.1, -0.05) is 6.92 Å². The standard InChI is InChI=1S/C41H55N6O11.3Rf/c1-7-19-56-20-16-45(33-27-30(51-4)10-13-36(33)48)39-42-40(46(17-21-57-25-23-54-8-2)34-28-31(52-5)11-14-37(34)49)44-41(43-39)47(18-22-58-26-24-55-9-3)35-29-32(53-6)12-15-38(35)50;;;/h10-15,27-29,48-50H,4-9,16-26H2,1-3H3;;;/q-3;;;. The fraction of sp³-hybridized carbons (Fsp3) is 0.415. The third kappa shape index (κ3) is 14.2. The molecule has 0 fully saturated rings. The molecule has 61 heavy (non-hydrogen) atoms. The van der Waals surface area contributed by atoms with Crippen molar-refractivity contribution in [2.45, 2.75) is 27.2 Å². The second-order valence-electron chi connectivity index (χ2n) is 12.3.